The molecule has 0 unspecified atom stereocenters. The highest BCUT2D eigenvalue weighted by atomic mass is 32.1. The number of nitrogens with zero attached hydrogens (tertiary/aromatic N) is 5. The lowest BCUT2D eigenvalue weighted by molar-refractivity contribution is 0.0945. The lowest BCUT2D eigenvalue weighted by atomic mass is 10.1. The Labute approximate surface area is 219 Å². The largest absolute Gasteiger partial charge is 0.329 e. The Morgan fingerprint density at radius 1 is 1.00 bits per heavy atom. The quantitative estimate of drug-likeness (QED) is 0.240. The van der Waals surface area contributed by atoms with Crippen molar-refractivity contribution in [1.29, 1.82) is 0 Å². The van der Waals surface area contributed by atoms with Crippen LogP contribution in [-0.4, -0.2) is 35.6 Å². The van der Waals surface area contributed by atoms with Crippen LogP contribution in [-0.2, 0) is 6.54 Å². The van der Waals surface area contributed by atoms with E-state index in [0.717, 1.165) is 11.3 Å². The summed E-state index contributed by atoms with van der Waals surface area (Å²) in [5, 5.41) is 13.0. The van der Waals surface area contributed by atoms with E-state index in [2.05, 4.69) is 62.5 Å². The first-order valence-corrected chi connectivity index (χ1v) is 12.2. The van der Waals surface area contributed by atoms with Crippen molar-refractivity contribution in [2.24, 2.45) is 0 Å². The molecule has 5 aromatic rings. The van der Waals surface area contributed by atoms with Crippen LogP contribution in [0.4, 0.5) is 5.69 Å². The number of fused-ring (bicyclic) bond motifs is 1. The van der Waals surface area contributed by atoms with Gasteiger partial charge in [-0.25, -0.2) is 9.67 Å². The van der Waals surface area contributed by atoms with Gasteiger partial charge in [-0.2, -0.15) is 10.2 Å². The molecule has 0 aliphatic heterocycles. The van der Waals surface area contributed by atoms with E-state index < -0.39 is 0 Å². The lowest BCUT2D eigenvalue weighted by Crippen LogP contribution is -2.43. The third-order valence-electron chi connectivity index (χ3n) is 5.83. The number of hydrogen-bond acceptors (Lipinski definition) is 5. The molecule has 3 heterocycles. The van der Waals surface area contributed by atoms with Crippen LogP contribution in [0.15, 0.2) is 73.1 Å². The maximum absolute atomic E-state index is 13.2. The number of anilines is 1. The summed E-state index contributed by atoms with van der Waals surface area (Å²) in [7, 11) is 0. The number of para-hydroxylation sites is 1. The Bertz CT molecular complexity index is 1590. The maximum Gasteiger partial charge on any atom is 0.270 e. The highest BCUT2D eigenvalue weighted by Crippen LogP contribution is 2.24. The van der Waals surface area contributed by atoms with Crippen molar-refractivity contribution in [2.45, 2.75) is 27.3 Å². The zero-order valence-electron chi connectivity index (χ0n) is 20.7. The van der Waals surface area contributed by atoms with E-state index in [1.165, 1.54) is 5.56 Å². The molecule has 0 fully saturated rings. The van der Waals surface area contributed by atoms with E-state index in [1.54, 1.807) is 16.9 Å². The van der Waals surface area contributed by atoms with Crippen molar-refractivity contribution >= 4 is 40.0 Å². The molecule has 0 atom stereocenters. The van der Waals surface area contributed by atoms with Crippen LogP contribution in [0.2, 0.25) is 0 Å². The first-order chi connectivity index (χ1) is 17.9. The molecule has 5 rings (SSSR count). The molecule has 0 radical (unpaired) electrons. The molecule has 2 aromatic carbocycles. The minimum absolute atomic E-state index is 0.238. The number of amides is 1. The molecule has 186 valence electrons. The molecule has 10 heteroatoms. The normalized spacial score (nSPS) is 10.9. The predicted octanol–water partition coefficient (Wildman–Crippen LogP) is 4.22. The van der Waals surface area contributed by atoms with Crippen molar-refractivity contribution in [3.05, 3.63) is 101 Å². The van der Waals surface area contributed by atoms with Crippen molar-refractivity contribution in [1.82, 2.24) is 35.4 Å². The molecule has 0 saturated heterocycles. The van der Waals surface area contributed by atoms with Gasteiger partial charge in [0.25, 0.3) is 5.91 Å². The maximum atomic E-state index is 13.2. The standard InChI is InChI=1S/C27H26N8OS/c1-17-9-11-20(12-10-17)15-34-16-21(14-28-34)30-27(37)32-31-26(36)23-13-18(2)29-25-24(23)19(3)33-35(25)22-7-5-4-6-8-22/h4-14,16H,15H2,1-3H3,(H,31,36)(H2,30,32,37). The zero-order chi connectivity index (χ0) is 25.9. The van der Waals surface area contributed by atoms with Gasteiger partial charge in [-0.1, -0.05) is 48.0 Å². The van der Waals surface area contributed by atoms with Crippen molar-refractivity contribution in [3.8, 4) is 5.69 Å². The third kappa shape index (κ3) is 5.34. The van der Waals surface area contributed by atoms with E-state index in [4.69, 9.17) is 12.2 Å². The van der Waals surface area contributed by atoms with Crippen molar-refractivity contribution in [3.63, 3.8) is 0 Å². The Hall–Kier alpha value is -4.57. The van der Waals surface area contributed by atoms with E-state index >= 15 is 0 Å². The second-order valence-electron chi connectivity index (χ2n) is 8.79. The highest BCUT2D eigenvalue weighted by molar-refractivity contribution is 7.80. The molecule has 0 aliphatic carbocycles. The molecule has 0 spiro atoms. The van der Waals surface area contributed by atoms with Gasteiger partial charge in [0.2, 0.25) is 0 Å². The summed E-state index contributed by atoms with van der Waals surface area (Å²) in [6.07, 6.45) is 3.54. The Morgan fingerprint density at radius 3 is 2.51 bits per heavy atom. The van der Waals surface area contributed by atoms with Crippen LogP contribution in [0.1, 0.15) is 32.9 Å². The van der Waals surface area contributed by atoms with Crippen molar-refractivity contribution < 1.29 is 4.79 Å². The number of hydrazine groups is 1. The molecule has 1 amide bonds. The number of hydrogen-bond donors (Lipinski definition) is 3. The first kappa shape index (κ1) is 24.1. The number of thiocarbonyl (C=S) groups is 1. The van der Waals surface area contributed by atoms with E-state index in [9.17, 15) is 4.79 Å². The van der Waals surface area contributed by atoms with Gasteiger partial charge in [-0.15, -0.1) is 0 Å². The van der Waals surface area contributed by atoms with Crippen LogP contribution < -0.4 is 16.2 Å². The van der Waals surface area contributed by atoms with Gasteiger partial charge in [0.1, 0.15) is 0 Å². The lowest BCUT2D eigenvalue weighted by Gasteiger charge is -2.11. The van der Waals surface area contributed by atoms with Crippen LogP contribution in [0, 0.1) is 20.8 Å². The molecule has 0 saturated carbocycles. The number of aryl methyl sites for hydroxylation is 3. The second-order valence-corrected chi connectivity index (χ2v) is 9.20. The smallest absolute Gasteiger partial charge is 0.270 e. The molecule has 37 heavy (non-hydrogen) atoms. The van der Waals surface area contributed by atoms with Gasteiger partial charge in [-0.3, -0.25) is 20.3 Å². The summed E-state index contributed by atoms with van der Waals surface area (Å²) in [6.45, 7) is 6.42. The first-order valence-electron chi connectivity index (χ1n) is 11.7. The molecule has 3 N–H and O–H groups in total. The van der Waals surface area contributed by atoms with Gasteiger partial charge in [0.15, 0.2) is 10.8 Å². The summed E-state index contributed by atoms with van der Waals surface area (Å²) in [5.41, 5.74) is 11.9. The summed E-state index contributed by atoms with van der Waals surface area (Å²) in [4.78, 5) is 17.8. The van der Waals surface area contributed by atoms with Gasteiger partial charge >= 0.3 is 0 Å². The Balaban J connectivity index is 1.26. The van der Waals surface area contributed by atoms with Gasteiger partial charge < -0.3 is 5.32 Å². The highest BCUT2D eigenvalue weighted by Gasteiger charge is 2.19. The van der Waals surface area contributed by atoms with E-state index in [1.807, 2.05) is 55.1 Å². The average Bonchev–Trinajstić information content (AvgIpc) is 3.47. The molecular weight excluding hydrogens is 484 g/mol. The number of carbonyl (C=O) groups is 1. The summed E-state index contributed by atoms with van der Waals surface area (Å²) >= 11 is 5.37. The summed E-state index contributed by atoms with van der Waals surface area (Å²) in [6, 6.07) is 19.8. The molecule has 0 aliphatic rings. The fourth-order valence-corrected chi connectivity index (χ4v) is 4.25. The van der Waals surface area contributed by atoms with Gasteiger partial charge in [0, 0.05) is 11.9 Å². The van der Waals surface area contributed by atoms with Crippen LogP contribution in [0.25, 0.3) is 16.7 Å². The van der Waals surface area contributed by atoms with Gasteiger partial charge in [0.05, 0.1) is 40.8 Å². The van der Waals surface area contributed by atoms with Crippen molar-refractivity contribution in [2.75, 3.05) is 5.32 Å². The fraction of sp³-hybridized carbons (Fsp3) is 0.148. The third-order valence-corrected chi connectivity index (χ3v) is 6.04. The van der Waals surface area contributed by atoms with Crippen LogP contribution >= 0.6 is 12.2 Å². The number of pyridine rings is 1. The minimum atomic E-state index is -0.342. The SMILES string of the molecule is Cc1ccc(Cn2cc(NC(=S)NNC(=O)c3cc(C)nc4c3c(C)nn4-c3ccccc3)cn2)cc1. The number of aromatic nitrogens is 5. The molecule has 3 aromatic heterocycles. The molecule has 0 bridgehead atoms. The molecular formula is C27H26N8OS. The topological polar surface area (TPSA) is 102 Å². The number of nitrogens with one attached hydrogen (secondary N) is 3. The Kier molecular flexibility index (Phi) is 6.65. The second kappa shape index (κ2) is 10.2. The fourth-order valence-electron chi connectivity index (χ4n) is 4.08. The average molecular weight is 511 g/mol. The number of benzene rings is 2. The predicted molar refractivity (Wildman–Crippen MR) is 148 cm³/mol. The Morgan fingerprint density at radius 2 is 1.76 bits per heavy atom. The number of carbonyl (C=O) groups excluding carboxylic acids is 1. The van der Waals surface area contributed by atoms with Crippen LogP contribution in [0.5, 0.6) is 0 Å². The van der Waals surface area contributed by atoms with E-state index in [-0.39, 0.29) is 11.0 Å². The van der Waals surface area contributed by atoms with Crippen LogP contribution in [0.3, 0.4) is 0 Å². The summed E-state index contributed by atoms with van der Waals surface area (Å²) < 4.78 is 3.57. The monoisotopic (exact) mass is 510 g/mol. The van der Waals surface area contributed by atoms with Gasteiger partial charge in [-0.05, 0) is 56.8 Å². The zero-order valence-corrected chi connectivity index (χ0v) is 21.5. The summed E-state index contributed by atoms with van der Waals surface area (Å²) in [5.74, 6) is -0.342. The van der Waals surface area contributed by atoms with E-state index in [0.29, 0.717) is 40.2 Å². The minimum Gasteiger partial charge on any atom is -0.329 e. The number of rotatable bonds is 5. The molecule has 9 nitrogen and oxygen atoms in total.